The Labute approximate surface area is 648 Å². The standard InChI is InChI=1S/2C46H55O6S.C2H6/c2*1-30-39(49-28-51-43(47)26-45-20-32-14-33(21-45)16-34(15-32)22-45)10-6-12-41(30)53(38-8-4-3-5-9-38)42-13-7-11-40(31(42)2)50-29-52-44(48)27-46-23-35-17-36(24-46)19-37(18-35)25-46;1-2/h2*3-13,32-37H,14-29H2,1-2H3;1-2H3/q2*+1;. The summed E-state index contributed by atoms with van der Waals surface area (Å²) in [6.45, 7) is 12.0. The SMILES string of the molecule is CC.Cc1c(OCOC(=O)CC23CC4CC(CC(C4)C2)C3)cccc1[S+](c1ccccc1)c1cccc(OCOC(=O)CC23CC4CC(CC(C4)C2)C3)c1C.Cc1c(OCOC(=O)CC23CC4CC(CC(C4)C2)C3)cccc1[S+](c1ccccc1)c1cccc(OCOC(=O)CC23CC4CC(CC(C4)C2)C3)c1C. The van der Waals surface area contributed by atoms with Gasteiger partial charge in [0.2, 0.25) is 27.2 Å². The van der Waals surface area contributed by atoms with E-state index in [2.05, 4.69) is 100 Å². The first kappa shape index (κ1) is 75.2. The van der Waals surface area contributed by atoms with E-state index in [9.17, 15) is 19.2 Å². The topological polar surface area (TPSA) is 142 Å². The van der Waals surface area contributed by atoms with Crippen LogP contribution in [0.3, 0.4) is 0 Å². The Morgan fingerprint density at radius 2 is 0.463 bits per heavy atom. The quantitative estimate of drug-likeness (QED) is 0.0221. The molecule has 0 spiro atoms. The van der Waals surface area contributed by atoms with Crippen molar-refractivity contribution in [3.63, 3.8) is 0 Å². The Kier molecular flexibility index (Phi) is 22.3. The van der Waals surface area contributed by atoms with Crippen molar-refractivity contribution in [2.24, 2.45) is 92.7 Å². The number of hydrogen-bond donors (Lipinski definition) is 0. The van der Waals surface area contributed by atoms with Gasteiger partial charge in [-0.2, -0.15) is 0 Å². The van der Waals surface area contributed by atoms with Crippen LogP contribution >= 0.6 is 0 Å². The largest absolute Gasteiger partial charge is 0.457 e. The van der Waals surface area contributed by atoms with Gasteiger partial charge >= 0.3 is 23.9 Å². The van der Waals surface area contributed by atoms with Gasteiger partial charge in [-0.15, -0.1) is 0 Å². The fourth-order valence-corrected chi connectivity index (χ4v) is 30.7. The number of carbonyl (C=O) groups is 4. The molecule has 108 heavy (non-hydrogen) atoms. The normalized spacial score (nSPS) is 31.8. The van der Waals surface area contributed by atoms with Gasteiger partial charge in [-0.05, 0) is 347 Å². The number of esters is 4. The Balaban J connectivity index is 0.000000161. The summed E-state index contributed by atoms with van der Waals surface area (Å²) in [6.07, 6.45) is 32.8. The summed E-state index contributed by atoms with van der Waals surface area (Å²) in [5.41, 5.74) is 4.66. The molecule has 16 aliphatic rings. The van der Waals surface area contributed by atoms with Crippen molar-refractivity contribution in [3.8, 4) is 23.0 Å². The smallest absolute Gasteiger partial charge is 0.309 e. The molecule has 0 aromatic heterocycles. The Morgan fingerprint density at radius 1 is 0.278 bits per heavy atom. The van der Waals surface area contributed by atoms with Crippen LogP contribution in [-0.4, -0.2) is 51.0 Å². The molecule has 0 saturated heterocycles. The highest BCUT2D eigenvalue weighted by Crippen LogP contribution is 2.65. The molecule has 12 nitrogen and oxygen atoms in total. The molecular formula is C94H116O12S2+2. The molecule has 0 aliphatic heterocycles. The molecule has 0 atom stereocenters. The predicted molar refractivity (Wildman–Crippen MR) is 421 cm³/mol. The van der Waals surface area contributed by atoms with Crippen LogP contribution in [0.15, 0.2) is 163 Å². The Morgan fingerprint density at radius 3 is 0.648 bits per heavy atom. The summed E-state index contributed by atoms with van der Waals surface area (Å²) in [5, 5.41) is 0. The van der Waals surface area contributed by atoms with Gasteiger partial charge in [-0.25, -0.2) is 0 Å². The van der Waals surface area contributed by atoms with E-state index in [-0.39, 0.29) is 72.7 Å². The minimum absolute atomic E-state index is 0.0848. The molecule has 6 aromatic carbocycles. The van der Waals surface area contributed by atoms with E-state index >= 15 is 0 Å². The molecule has 574 valence electrons. The van der Waals surface area contributed by atoms with Crippen molar-refractivity contribution in [3.05, 3.63) is 156 Å². The van der Waals surface area contributed by atoms with Crippen LogP contribution in [-0.2, 0) is 59.9 Å². The summed E-state index contributed by atoms with van der Waals surface area (Å²) in [7, 11) is -0.958. The van der Waals surface area contributed by atoms with Gasteiger partial charge in [0.1, 0.15) is 44.8 Å². The van der Waals surface area contributed by atoms with E-state index in [4.69, 9.17) is 37.9 Å². The first-order chi connectivity index (χ1) is 52.4. The molecule has 14 heteroatoms. The second kappa shape index (κ2) is 32.1. The van der Waals surface area contributed by atoms with Crippen LogP contribution in [0.25, 0.3) is 0 Å². The minimum Gasteiger partial charge on any atom is -0.457 e. The molecule has 22 rings (SSSR count). The summed E-state index contributed by atoms with van der Waals surface area (Å²) in [4.78, 5) is 59.4. The van der Waals surface area contributed by atoms with Crippen LogP contribution in [0.1, 0.15) is 216 Å². The average Bonchev–Trinajstić information content (AvgIpc) is 0.761. The monoisotopic (exact) mass is 1500 g/mol. The van der Waals surface area contributed by atoms with Gasteiger partial charge in [0, 0.05) is 22.3 Å². The van der Waals surface area contributed by atoms with Crippen LogP contribution in [0, 0.1) is 120 Å². The lowest BCUT2D eigenvalue weighted by Gasteiger charge is -2.56. The van der Waals surface area contributed by atoms with E-state index in [1.165, 1.54) is 164 Å². The highest BCUT2D eigenvalue weighted by Gasteiger charge is 2.56. The van der Waals surface area contributed by atoms with Crippen molar-refractivity contribution < 1.29 is 57.1 Å². The molecule has 0 N–H and O–H groups in total. The van der Waals surface area contributed by atoms with Crippen LogP contribution in [0.2, 0.25) is 0 Å². The second-order valence-electron chi connectivity index (χ2n) is 36.2. The maximum atomic E-state index is 13.1. The number of rotatable bonds is 26. The highest BCUT2D eigenvalue weighted by atomic mass is 32.2. The number of carbonyl (C=O) groups excluding carboxylic acids is 4. The maximum Gasteiger partial charge on any atom is 0.309 e. The third-order valence-electron chi connectivity index (χ3n) is 28.3. The summed E-state index contributed by atoms with van der Waals surface area (Å²) >= 11 is 0. The van der Waals surface area contributed by atoms with Crippen LogP contribution in [0.4, 0.5) is 0 Å². The van der Waals surface area contributed by atoms with Crippen molar-refractivity contribution in [2.45, 2.75) is 251 Å². The fraction of sp³-hybridized carbons (Fsp3) is 0.574. The van der Waals surface area contributed by atoms with Gasteiger partial charge in [-0.3, -0.25) is 19.2 Å². The van der Waals surface area contributed by atoms with Crippen molar-refractivity contribution in [1.29, 1.82) is 0 Å². The Hall–Kier alpha value is -6.90. The molecule has 16 saturated carbocycles. The first-order valence-corrected chi connectivity index (χ1v) is 44.0. The van der Waals surface area contributed by atoms with Crippen molar-refractivity contribution in [1.82, 2.24) is 0 Å². The molecule has 16 bridgehead atoms. The second-order valence-corrected chi connectivity index (χ2v) is 40.2. The predicted octanol–water partition coefficient (Wildman–Crippen LogP) is 21.8. The molecular weight excluding hydrogens is 1390 g/mol. The molecule has 0 heterocycles. The highest BCUT2D eigenvalue weighted by molar-refractivity contribution is 7.97. The van der Waals surface area contributed by atoms with E-state index in [0.717, 1.165) is 136 Å². The van der Waals surface area contributed by atoms with Crippen LogP contribution in [0.5, 0.6) is 23.0 Å². The van der Waals surface area contributed by atoms with Crippen molar-refractivity contribution in [2.75, 3.05) is 27.2 Å². The van der Waals surface area contributed by atoms with E-state index in [1.807, 2.05) is 74.5 Å². The Bertz CT molecular complexity index is 3570. The molecule has 16 aliphatic carbocycles. The number of ether oxygens (including phenoxy) is 8. The first-order valence-electron chi connectivity index (χ1n) is 41.5. The molecule has 0 unspecified atom stereocenters. The lowest BCUT2D eigenvalue weighted by Crippen LogP contribution is -2.47. The fourth-order valence-electron chi connectivity index (χ4n) is 25.8. The minimum atomic E-state index is -0.479. The number of hydrogen-bond acceptors (Lipinski definition) is 12. The van der Waals surface area contributed by atoms with E-state index in [0.29, 0.717) is 25.7 Å². The van der Waals surface area contributed by atoms with E-state index in [1.54, 1.807) is 0 Å². The maximum absolute atomic E-state index is 13.1. The van der Waals surface area contributed by atoms with Gasteiger partial charge in [-0.1, -0.05) is 74.5 Å². The average molecular weight is 1500 g/mol. The van der Waals surface area contributed by atoms with Crippen molar-refractivity contribution >= 4 is 45.7 Å². The van der Waals surface area contributed by atoms with Gasteiger partial charge in [0.15, 0.2) is 29.4 Å². The summed E-state index contributed by atoms with van der Waals surface area (Å²) in [6, 6.07) is 45.7. The lowest BCUT2D eigenvalue weighted by molar-refractivity contribution is -0.159. The molecule has 0 radical (unpaired) electrons. The van der Waals surface area contributed by atoms with Crippen LogP contribution < -0.4 is 18.9 Å². The zero-order chi connectivity index (χ0) is 74.3. The number of benzene rings is 6. The third kappa shape index (κ3) is 16.4. The lowest BCUT2D eigenvalue weighted by atomic mass is 9.49. The van der Waals surface area contributed by atoms with Gasteiger partial charge in [0.25, 0.3) is 0 Å². The molecule has 0 amide bonds. The third-order valence-corrected chi connectivity index (χ3v) is 33.3. The molecule has 6 aromatic rings. The zero-order valence-electron chi connectivity index (χ0n) is 65.0. The van der Waals surface area contributed by atoms with Gasteiger partial charge < -0.3 is 37.9 Å². The van der Waals surface area contributed by atoms with E-state index < -0.39 is 21.8 Å². The summed E-state index contributed by atoms with van der Waals surface area (Å²) < 4.78 is 47.8. The van der Waals surface area contributed by atoms with Gasteiger partial charge in [0.05, 0.1) is 25.7 Å². The molecule has 16 fully saturated rings. The summed E-state index contributed by atoms with van der Waals surface area (Å²) in [5.74, 6) is 12.1. The zero-order valence-corrected chi connectivity index (χ0v) is 66.6.